The monoisotopic (exact) mass is 297 g/mol. The fourth-order valence-corrected chi connectivity index (χ4v) is 1.75. The molecule has 0 fully saturated rings. The number of benzene rings is 1. The second kappa shape index (κ2) is 7.98. The van der Waals surface area contributed by atoms with E-state index in [1.165, 1.54) is 12.1 Å². The summed E-state index contributed by atoms with van der Waals surface area (Å²) in [4.78, 5) is 32.8. The van der Waals surface area contributed by atoms with E-state index in [9.17, 15) is 18.8 Å². The smallest absolute Gasteiger partial charge is 0.326 e. The zero-order chi connectivity index (χ0) is 15.8. The highest BCUT2D eigenvalue weighted by Gasteiger charge is 2.22. The number of halogens is 1. The van der Waals surface area contributed by atoms with Crippen molar-refractivity contribution in [3.63, 3.8) is 0 Å². The Morgan fingerprint density at radius 3 is 2.29 bits per heavy atom. The van der Waals surface area contributed by atoms with Crippen molar-refractivity contribution in [2.45, 2.75) is 31.7 Å². The quantitative estimate of drug-likeness (QED) is 0.668. The molecule has 1 aromatic rings. The van der Waals surface area contributed by atoms with Crippen LogP contribution < -0.4 is 5.32 Å². The largest absolute Gasteiger partial charge is 0.481 e. The highest BCUT2D eigenvalue weighted by Crippen LogP contribution is 2.07. The maximum absolute atomic E-state index is 12.7. The van der Waals surface area contributed by atoms with Gasteiger partial charge in [0.1, 0.15) is 11.9 Å². The van der Waals surface area contributed by atoms with E-state index in [0.29, 0.717) is 12.8 Å². The van der Waals surface area contributed by atoms with Gasteiger partial charge in [0.25, 0.3) is 0 Å². The van der Waals surface area contributed by atoms with Gasteiger partial charge in [-0.2, -0.15) is 0 Å². The van der Waals surface area contributed by atoms with E-state index in [1.807, 2.05) is 0 Å². The van der Waals surface area contributed by atoms with Crippen molar-refractivity contribution < 1.29 is 29.0 Å². The Labute approximate surface area is 120 Å². The molecule has 21 heavy (non-hydrogen) atoms. The molecule has 0 aliphatic heterocycles. The highest BCUT2D eigenvalue weighted by atomic mass is 19.1. The fraction of sp³-hybridized carbons (Fsp3) is 0.357. The van der Waals surface area contributed by atoms with Crippen LogP contribution in [-0.2, 0) is 20.8 Å². The summed E-state index contributed by atoms with van der Waals surface area (Å²) in [6.07, 6.45) is 0.404. The van der Waals surface area contributed by atoms with Gasteiger partial charge in [0.2, 0.25) is 5.91 Å². The third-order valence-corrected chi connectivity index (χ3v) is 2.79. The van der Waals surface area contributed by atoms with Crippen LogP contribution in [0.2, 0.25) is 0 Å². The maximum atomic E-state index is 12.7. The van der Waals surface area contributed by atoms with Gasteiger partial charge in [0.05, 0.1) is 6.42 Å². The number of aliphatic carboxylic acids is 2. The SMILES string of the molecule is O=C(O)CC(NC(=O)CCCc1ccc(F)cc1)C(=O)O. The topological polar surface area (TPSA) is 104 Å². The first kappa shape index (κ1) is 16.6. The highest BCUT2D eigenvalue weighted by molar-refractivity contribution is 5.86. The van der Waals surface area contributed by atoms with Gasteiger partial charge in [-0.1, -0.05) is 12.1 Å². The molecule has 3 N–H and O–H groups in total. The van der Waals surface area contributed by atoms with Crippen molar-refractivity contribution in [2.24, 2.45) is 0 Å². The first-order valence-electron chi connectivity index (χ1n) is 6.37. The van der Waals surface area contributed by atoms with Crippen LogP contribution in [0.15, 0.2) is 24.3 Å². The molecule has 1 aromatic carbocycles. The van der Waals surface area contributed by atoms with Crippen LogP contribution in [0.5, 0.6) is 0 Å². The van der Waals surface area contributed by atoms with Crippen LogP contribution in [0.1, 0.15) is 24.8 Å². The first-order valence-corrected chi connectivity index (χ1v) is 6.37. The predicted molar refractivity (Wildman–Crippen MR) is 71.2 cm³/mol. The maximum Gasteiger partial charge on any atom is 0.326 e. The summed E-state index contributed by atoms with van der Waals surface area (Å²) in [5, 5.41) is 19.5. The summed E-state index contributed by atoms with van der Waals surface area (Å²) in [5.74, 6) is -3.54. The lowest BCUT2D eigenvalue weighted by molar-refractivity contribution is -0.147. The molecule has 1 rings (SSSR count). The normalized spacial score (nSPS) is 11.7. The summed E-state index contributed by atoms with van der Waals surface area (Å²) in [6, 6.07) is 4.43. The average molecular weight is 297 g/mol. The molecule has 0 radical (unpaired) electrons. The lowest BCUT2D eigenvalue weighted by Crippen LogP contribution is -2.42. The lowest BCUT2D eigenvalue weighted by Gasteiger charge is -2.12. The van der Waals surface area contributed by atoms with Gasteiger partial charge < -0.3 is 15.5 Å². The van der Waals surface area contributed by atoms with Gasteiger partial charge in [-0.15, -0.1) is 0 Å². The van der Waals surface area contributed by atoms with Gasteiger partial charge in [0, 0.05) is 6.42 Å². The number of nitrogens with one attached hydrogen (secondary N) is 1. The van der Waals surface area contributed by atoms with Crippen molar-refractivity contribution in [1.29, 1.82) is 0 Å². The standard InChI is InChI=1S/C14H16FNO5/c15-10-6-4-9(5-7-10)2-1-3-12(17)16-11(14(20)21)8-13(18)19/h4-7,11H,1-3,8H2,(H,16,17)(H,18,19)(H,20,21). The molecule has 0 saturated carbocycles. The summed E-state index contributed by atoms with van der Waals surface area (Å²) < 4.78 is 12.7. The number of amides is 1. The molecular formula is C14H16FNO5. The van der Waals surface area contributed by atoms with E-state index in [1.54, 1.807) is 12.1 Å². The Hall–Kier alpha value is -2.44. The van der Waals surface area contributed by atoms with Crippen LogP contribution in [-0.4, -0.2) is 34.1 Å². The summed E-state index contributed by atoms with van der Waals surface area (Å²) in [6.45, 7) is 0. The molecule has 7 heteroatoms. The third-order valence-electron chi connectivity index (χ3n) is 2.79. The van der Waals surface area contributed by atoms with Gasteiger partial charge >= 0.3 is 11.9 Å². The Kier molecular flexibility index (Phi) is 6.32. The lowest BCUT2D eigenvalue weighted by atomic mass is 10.1. The second-order valence-electron chi connectivity index (χ2n) is 4.54. The number of carboxylic acid groups (broad SMARTS) is 2. The average Bonchev–Trinajstić information content (AvgIpc) is 2.39. The van der Waals surface area contributed by atoms with Crippen molar-refractivity contribution in [3.05, 3.63) is 35.6 Å². The molecule has 1 unspecified atom stereocenters. The van der Waals surface area contributed by atoms with Crippen LogP contribution in [0.3, 0.4) is 0 Å². The van der Waals surface area contributed by atoms with Gasteiger partial charge in [-0.3, -0.25) is 9.59 Å². The van der Waals surface area contributed by atoms with Crippen molar-refractivity contribution >= 4 is 17.8 Å². The molecule has 114 valence electrons. The van der Waals surface area contributed by atoms with Gasteiger partial charge in [-0.25, -0.2) is 9.18 Å². The molecule has 0 saturated heterocycles. The molecule has 6 nitrogen and oxygen atoms in total. The van der Waals surface area contributed by atoms with Crippen LogP contribution >= 0.6 is 0 Å². The number of carboxylic acids is 2. The molecule has 0 aliphatic rings. The molecule has 0 aromatic heterocycles. The zero-order valence-corrected chi connectivity index (χ0v) is 11.2. The number of rotatable bonds is 8. The number of hydrogen-bond acceptors (Lipinski definition) is 3. The second-order valence-corrected chi connectivity index (χ2v) is 4.54. The molecular weight excluding hydrogens is 281 g/mol. The predicted octanol–water partition coefficient (Wildman–Crippen LogP) is 1.19. The molecule has 0 aliphatic carbocycles. The Bertz CT molecular complexity index is 515. The van der Waals surface area contributed by atoms with Gasteiger partial charge in [-0.05, 0) is 30.5 Å². The van der Waals surface area contributed by atoms with E-state index >= 15 is 0 Å². The number of aryl methyl sites for hydroxylation is 1. The molecule has 1 amide bonds. The third kappa shape index (κ3) is 6.51. The van der Waals surface area contributed by atoms with E-state index in [2.05, 4.69) is 5.32 Å². The minimum Gasteiger partial charge on any atom is -0.481 e. The number of carbonyl (C=O) groups excluding carboxylic acids is 1. The van der Waals surface area contributed by atoms with Gasteiger partial charge in [0.15, 0.2) is 0 Å². The molecule has 0 spiro atoms. The van der Waals surface area contributed by atoms with E-state index in [4.69, 9.17) is 10.2 Å². The van der Waals surface area contributed by atoms with Crippen LogP contribution in [0, 0.1) is 5.82 Å². The number of carbonyl (C=O) groups is 3. The number of hydrogen-bond donors (Lipinski definition) is 3. The fourth-order valence-electron chi connectivity index (χ4n) is 1.75. The zero-order valence-electron chi connectivity index (χ0n) is 11.2. The molecule has 0 bridgehead atoms. The Balaban J connectivity index is 2.37. The van der Waals surface area contributed by atoms with Crippen LogP contribution in [0.4, 0.5) is 4.39 Å². The van der Waals surface area contributed by atoms with Crippen LogP contribution in [0.25, 0.3) is 0 Å². The molecule has 1 atom stereocenters. The van der Waals surface area contributed by atoms with Crippen molar-refractivity contribution in [2.75, 3.05) is 0 Å². The Morgan fingerprint density at radius 2 is 1.76 bits per heavy atom. The van der Waals surface area contributed by atoms with E-state index < -0.39 is 30.3 Å². The van der Waals surface area contributed by atoms with Crippen molar-refractivity contribution in [1.82, 2.24) is 5.32 Å². The minimum absolute atomic E-state index is 0.0702. The summed E-state index contributed by atoms with van der Waals surface area (Å²) in [7, 11) is 0. The van der Waals surface area contributed by atoms with E-state index in [0.717, 1.165) is 5.56 Å². The summed E-state index contributed by atoms with van der Waals surface area (Å²) in [5.41, 5.74) is 0.865. The van der Waals surface area contributed by atoms with Crippen molar-refractivity contribution in [3.8, 4) is 0 Å². The van der Waals surface area contributed by atoms with E-state index in [-0.39, 0.29) is 12.2 Å². The first-order chi connectivity index (χ1) is 9.88. The minimum atomic E-state index is -1.43. The molecule has 0 heterocycles. The summed E-state index contributed by atoms with van der Waals surface area (Å²) >= 11 is 0. The Morgan fingerprint density at radius 1 is 1.14 bits per heavy atom.